The monoisotopic (exact) mass is 293 g/mol. The molecule has 4 heteroatoms. The zero-order valence-electron chi connectivity index (χ0n) is 7.38. The standard InChI is InChI=1S/C9H12INO2/c1-2-13-8-4-6(5-12)3-7(11)9(8)10/h3-4,12H,2,5,11H2,1H3. The molecular formula is C9H12INO2. The van der Waals surface area contributed by atoms with Crippen molar-refractivity contribution in [2.24, 2.45) is 0 Å². The van der Waals surface area contributed by atoms with E-state index in [1.54, 1.807) is 6.07 Å². The molecule has 0 saturated carbocycles. The molecule has 0 spiro atoms. The van der Waals surface area contributed by atoms with Gasteiger partial charge in [-0.05, 0) is 47.2 Å². The molecule has 1 rings (SSSR count). The lowest BCUT2D eigenvalue weighted by atomic mass is 10.2. The van der Waals surface area contributed by atoms with Crippen LogP contribution in [0.4, 0.5) is 5.69 Å². The Morgan fingerprint density at radius 2 is 2.23 bits per heavy atom. The van der Waals surface area contributed by atoms with Crippen LogP contribution in [0.25, 0.3) is 0 Å². The number of benzene rings is 1. The number of hydrogen-bond donors (Lipinski definition) is 2. The maximum atomic E-state index is 8.93. The van der Waals surface area contributed by atoms with Crippen LogP contribution in [0.2, 0.25) is 0 Å². The fourth-order valence-corrected chi connectivity index (χ4v) is 1.50. The van der Waals surface area contributed by atoms with Gasteiger partial charge < -0.3 is 15.6 Å². The van der Waals surface area contributed by atoms with Gasteiger partial charge in [0, 0.05) is 5.69 Å². The lowest BCUT2D eigenvalue weighted by Gasteiger charge is -2.09. The number of halogens is 1. The summed E-state index contributed by atoms with van der Waals surface area (Å²) in [7, 11) is 0. The Kier molecular flexibility index (Phi) is 3.80. The summed E-state index contributed by atoms with van der Waals surface area (Å²) < 4.78 is 6.26. The molecule has 1 aromatic rings. The van der Waals surface area contributed by atoms with E-state index < -0.39 is 0 Å². The molecule has 1 aromatic carbocycles. The number of rotatable bonds is 3. The van der Waals surface area contributed by atoms with Crippen LogP contribution in [0.3, 0.4) is 0 Å². The Hall–Kier alpha value is -0.490. The third-order valence-corrected chi connectivity index (χ3v) is 2.76. The molecule has 13 heavy (non-hydrogen) atoms. The summed E-state index contributed by atoms with van der Waals surface area (Å²) >= 11 is 2.13. The van der Waals surface area contributed by atoms with Crippen LogP contribution in [-0.2, 0) is 6.61 Å². The Balaban J connectivity index is 3.09. The van der Waals surface area contributed by atoms with E-state index in [9.17, 15) is 0 Å². The summed E-state index contributed by atoms with van der Waals surface area (Å²) in [4.78, 5) is 0. The van der Waals surface area contributed by atoms with Gasteiger partial charge in [0.25, 0.3) is 0 Å². The van der Waals surface area contributed by atoms with Gasteiger partial charge >= 0.3 is 0 Å². The van der Waals surface area contributed by atoms with Crippen LogP contribution in [0.1, 0.15) is 12.5 Å². The predicted molar refractivity (Wildman–Crippen MR) is 60.7 cm³/mol. The molecule has 0 radical (unpaired) electrons. The Bertz CT molecular complexity index is 302. The van der Waals surface area contributed by atoms with E-state index in [4.69, 9.17) is 15.6 Å². The van der Waals surface area contributed by atoms with Gasteiger partial charge in [0.1, 0.15) is 5.75 Å². The van der Waals surface area contributed by atoms with Gasteiger partial charge in [0.05, 0.1) is 16.8 Å². The first-order valence-electron chi connectivity index (χ1n) is 4.00. The first kappa shape index (κ1) is 10.6. The number of aliphatic hydroxyl groups excluding tert-OH is 1. The molecule has 3 N–H and O–H groups in total. The highest BCUT2D eigenvalue weighted by Crippen LogP contribution is 2.28. The maximum absolute atomic E-state index is 8.93. The zero-order chi connectivity index (χ0) is 9.84. The van der Waals surface area contributed by atoms with E-state index in [0.29, 0.717) is 12.3 Å². The molecule has 0 amide bonds. The second-order valence-corrected chi connectivity index (χ2v) is 3.67. The third-order valence-electron chi connectivity index (χ3n) is 1.61. The van der Waals surface area contributed by atoms with Crippen LogP contribution >= 0.6 is 22.6 Å². The summed E-state index contributed by atoms with van der Waals surface area (Å²) in [6.45, 7) is 2.50. The number of hydrogen-bond acceptors (Lipinski definition) is 3. The molecule has 0 aliphatic rings. The van der Waals surface area contributed by atoms with Gasteiger partial charge in [-0.2, -0.15) is 0 Å². The van der Waals surface area contributed by atoms with Crippen molar-refractivity contribution >= 4 is 28.3 Å². The fourth-order valence-electron chi connectivity index (χ4n) is 1.03. The normalized spacial score (nSPS) is 10.1. The average Bonchev–Trinajstić information content (AvgIpc) is 2.13. The average molecular weight is 293 g/mol. The van der Waals surface area contributed by atoms with E-state index in [2.05, 4.69) is 22.6 Å². The van der Waals surface area contributed by atoms with E-state index in [1.165, 1.54) is 0 Å². The molecule has 72 valence electrons. The molecule has 0 unspecified atom stereocenters. The maximum Gasteiger partial charge on any atom is 0.135 e. The van der Waals surface area contributed by atoms with Crippen molar-refractivity contribution in [1.29, 1.82) is 0 Å². The van der Waals surface area contributed by atoms with Gasteiger partial charge in [-0.3, -0.25) is 0 Å². The summed E-state index contributed by atoms with van der Waals surface area (Å²) in [5.74, 6) is 0.743. The highest BCUT2D eigenvalue weighted by molar-refractivity contribution is 14.1. The second-order valence-electron chi connectivity index (χ2n) is 2.59. The molecule has 0 heterocycles. The summed E-state index contributed by atoms with van der Waals surface area (Å²) in [5.41, 5.74) is 7.16. The Morgan fingerprint density at radius 1 is 1.54 bits per heavy atom. The number of anilines is 1. The van der Waals surface area contributed by atoms with Crippen molar-refractivity contribution < 1.29 is 9.84 Å². The van der Waals surface area contributed by atoms with Crippen LogP contribution in [0.15, 0.2) is 12.1 Å². The van der Waals surface area contributed by atoms with Gasteiger partial charge in [0.2, 0.25) is 0 Å². The number of ether oxygens (including phenoxy) is 1. The van der Waals surface area contributed by atoms with E-state index in [0.717, 1.165) is 14.9 Å². The minimum absolute atomic E-state index is 0.0127. The van der Waals surface area contributed by atoms with Crippen molar-refractivity contribution in [2.75, 3.05) is 12.3 Å². The molecule has 0 saturated heterocycles. The largest absolute Gasteiger partial charge is 0.493 e. The number of nitrogen functional groups attached to an aromatic ring is 1. The molecule has 0 aliphatic heterocycles. The number of aliphatic hydroxyl groups is 1. The first-order chi connectivity index (χ1) is 6.19. The minimum Gasteiger partial charge on any atom is -0.493 e. The van der Waals surface area contributed by atoms with Crippen molar-refractivity contribution in [3.8, 4) is 5.75 Å². The van der Waals surface area contributed by atoms with Gasteiger partial charge in [-0.1, -0.05) is 0 Å². The molecule has 0 fully saturated rings. The summed E-state index contributed by atoms with van der Waals surface area (Å²) in [6, 6.07) is 3.56. The smallest absolute Gasteiger partial charge is 0.135 e. The van der Waals surface area contributed by atoms with Crippen molar-refractivity contribution in [1.82, 2.24) is 0 Å². The second kappa shape index (κ2) is 4.66. The third kappa shape index (κ3) is 2.47. The SMILES string of the molecule is CCOc1cc(CO)cc(N)c1I. The zero-order valence-corrected chi connectivity index (χ0v) is 9.54. The number of nitrogens with two attached hydrogens (primary N) is 1. The molecule has 0 aromatic heterocycles. The Labute approximate surface area is 91.0 Å². The first-order valence-corrected chi connectivity index (χ1v) is 5.08. The summed E-state index contributed by atoms with van der Waals surface area (Å²) in [5, 5.41) is 8.93. The van der Waals surface area contributed by atoms with Crippen molar-refractivity contribution in [2.45, 2.75) is 13.5 Å². The molecule has 0 aliphatic carbocycles. The fraction of sp³-hybridized carbons (Fsp3) is 0.333. The van der Waals surface area contributed by atoms with Crippen LogP contribution in [-0.4, -0.2) is 11.7 Å². The Morgan fingerprint density at radius 3 is 2.77 bits per heavy atom. The predicted octanol–water partition coefficient (Wildman–Crippen LogP) is 1.76. The lowest BCUT2D eigenvalue weighted by Crippen LogP contribution is -1.99. The van der Waals surface area contributed by atoms with Gasteiger partial charge in [-0.25, -0.2) is 0 Å². The van der Waals surface area contributed by atoms with Crippen LogP contribution in [0.5, 0.6) is 5.75 Å². The van der Waals surface area contributed by atoms with Crippen molar-refractivity contribution in [3.63, 3.8) is 0 Å². The topological polar surface area (TPSA) is 55.5 Å². The van der Waals surface area contributed by atoms with Crippen LogP contribution in [0, 0.1) is 3.57 Å². The van der Waals surface area contributed by atoms with E-state index in [1.807, 2.05) is 13.0 Å². The molecule has 0 bridgehead atoms. The molecular weight excluding hydrogens is 281 g/mol. The van der Waals surface area contributed by atoms with E-state index >= 15 is 0 Å². The molecule has 0 atom stereocenters. The van der Waals surface area contributed by atoms with Gasteiger partial charge in [0.15, 0.2) is 0 Å². The highest BCUT2D eigenvalue weighted by Gasteiger charge is 2.06. The quantitative estimate of drug-likeness (QED) is 0.659. The highest BCUT2D eigenvalue weighted by atomic mass is 127. The van der Waals surface area contributed by atoms with Crippen molar-refractivity contribution in [3.05, 3.63) is 21.3 Å². The minimum atomic E-state index is -0.0127. The molecule has 3 nitrogen and oxygen atoms in total. The summed E-state index contributed by atoms with van der Waals surface area (Å²) in [6.07, 6.45) is 0. The lowest BCUT2D eigenvalue weighted by molar-refractivity contribution is 0.280. The van der Waals surface area contributed by atoms with Gasteiger partial charge in [-0.15, -0.1) is 0 Å². The van der Waals surface area contributed by atoms with Crippen LogP contribution < -0.4 is 10.5 Å². The van der Waals surface area contributed by atoms with E-state index in [-0.39, 0.29) is 6.61 Å².